The third-order valence-corrected chi connectivity index (χ3v) is 13.1. The predicted octanol–water partition coefficient (Wildman–Crippen LogP) is 12.4. The van der Waals surface area contributed by atoms with E-state index in [1.807, 2.05) is 0 Å². The second kappa shape index (κ2) is 14.6. The van der Waals surface area contributed by atoms with Crippen molar-refractivity contribution in [1.82, 2.24) is 0 Å². The Morgan fingerprint density at radius 2 is 1.05 bits per heavy atom. The van der Waals surface area contributed by atoms with Crippen LogP contribution in [0.2, 0.25) is 0 Å². The summed E-state index contributed by atoms with van der Waals surface area (Å²) in [7, 11) is -2.76. The molecule has 0 bridgehead atoms. The molecule has 6 fully saturated rings. The average Bonchev–Trinajstić information content (AvgIpc) is 2.74. The first-order valence-electron chi connectivity index (χ1n) is 17.1. The number of allylic oxidation sites excluding steroid dienone is 2. The summed E-state index contributed by atoms with van der Waals surface area (Å²) in [5.74, 6) is 3.98. The molecule has 8 aliphatic carbocycles. The van der Waals surface area contributed by atoms with Crippen molar-refractivity contribution < 1.29 is 8.39 Å². The number of fused-ring (bicyclic) bond motifs is 3. The zero-order valence-electron chi connectivity index (χ0n) is 23.9. The summed E-state index contributed by atoms with van der Waals surface area (Å²) in [5, 5.41) is 0. The van der Waals surface area contributed by atoms with E-state index in [-0.39, 0.29) is 5.66 Å². The lowest BCUT2D eigenvalue weighted by Gasteiger charge is -2.55. The van der Waals surface area contributed by atoms with Gasteiger partial charge in [-0.05, 0) is 93.3 Å². The standard InChI is InChI=1S/C22H33F2P.3C4H8/c23-25(24)21-13-10-14-4-1-2-5-17(14)22(21)20-7-3-6-18-16-11-8-15(16)9-12-19(18)20;3*1-2-4-3-1/h14,17-22H,1-13H2;3*1-4H2. The fraction of sp³-hybridized carbons (Fsp3) is 0.941. The van der Waals surface area contributed by atoms with Gasteiger partial charge in [-0.25, -0.2) is 0 Å². The Hall–Kier alpha value is 0.0300. The van der Waals surface area contributed by atoms with E-state index in [0.29, 0.717) is 17.8 Å². The lowest BCUT2D eigenvalue weighted by molar-refractivity contribution is 0.00499. The normalized spacial score (nSPS) is 39.5. The van der Waals surface area contributed by atoms with Crippen molar-refractivity contribution in [3.8, 4) is 0 Å². The van der Waals surface area contributed by atoms with Crippen LogP contribution in [0.25, 0.3) is 0 Å². The van der Waals surface area contributed by atoms with Crippen LogP contribution in [0.3, 0.4) is 0 Å². The number of hydrogen-bond acceptors (Lipinski definition) is 0. The Bertz CT molecular complexity index is 674. The van der Waals surface area contributed by atoms with E-state index >= 15 is 0 Å². The van der Waals surface area contributed by atoms with Crippen molar-refractivity contribution in [3.05, 3.63) is 11.1 Å². The first-order chi connectivity index (χ1) is 18.2. The first-order valence-corrected chi connectivity index (χ1v) is 18.2. The fourth-order valence-corrected chi connectivity index (χ4v) is 9.74. The summed E-state index contributed by atoms with van der Waals surface area (Å²) in [5.41, 5.74) is 3.35. The van der Waals surface area contributed by atoms with Gasteiger partial charge in [0.2, 0.25) is 0 Å². The molecule has 0 amide bonds. The zero-order valence-corrected chi connectivity index (χ0v) is 24.8. The smallest absolute Gasteiger partial charge is 0.188 e. The van der Waals surface area contributed by atoms with Gasteiger partial charge in [0.15, 0.2) is 0 Å². The van der Waals surface area contributed by atoms with Crippen molar-refractivity contribution in [2.24, 2.45) is 35.5 Å². The molecule has 212 valence electrons. The highest BCUT2D eigenvalue weighted by molar-refractivity contribution is 7.47. The van der Waals surface area contributed by atoms with E-state index in [9.17, 15) is 8.39 Å². The molecule has 0 radical (unpaired) electrons. The molecule has 0 nitrogen and oxygen atoms in total. The minimum Gasteiger partial charge on any atom is -0.188 e. The van der Waals surface area contributed by atoms with Crippen LogP contribution in [0.15, 0.2) is 11.1 Å². The molecule has 6 saturated carbocycles. The Kier molecular flexibility index (Phi) is 11.3. The van der Waals surface area contributed by atoms with Crippen molar-refractivity contribution >= 4 is 8.54 Å². The number of halogens is 2. The first kappa shape index (κ1) is 28.6. The Labute approximate surface area is 229 Å². The van der Waals surface area contributed by atoms with Gasteiger partial charge in [-0.2, -0.15) is 8.39 Å². The summed E-state index contributed by atoms with van der Waals surface area (Å²) in [6.45, 7) is 0. The number of rotatable bonds is 2. The molecule has 8 rings (SSSR count). The number of hydrogen-bond donors (Lipinski definition) is 0. The van der Waals surface area contributed by atoms with E-state index < -0.39 is 8.54 Å². The lowest BCUT2D eigenvalue weighted by atomic mass is 9.52. The minimum absolute atomic E-state index is 0.227. The molecule has 7 unspecified atom stereocenters. The second-order valence-electron chi connectivity index (χ2n) is 14.0. The topological polar surface area (TPSA) is 0 Å². The largest absolute Gasteiger partial charge is 0.269 e. The minimum atomic E-state index is -2.76. The summed E-state index contributed by atoms with van der Waals surface area (Å²) in [6.07, 6.45) is 34.4. The molecule has 37 heavy (non-hydrogen) atoms. The van der Waals surface area contributed by atoms with Gasteiger partial charge in [-0.1, -0.05) is 114 Å². The molecule has 0 aromatic carbocycles. The van der Waals surface area contributed by atoms with E-state index in [4.69, 9.17) is 0 Å². The molecule has 8 aliphatic rings. The van der Waals surface area contributed by atoms with Crippen LogP contribution in [0.5, 0.6) is 0 Å². The van der Waals surface area contributed by atoms with Gasteiger partial charge >= 0.3 is 0 Å². The van der Waals surface area contributed by atoms with Gasteiger partial charge in [-0.15, -0.1) is 0 Å². The van der Waals surface area contributed by atoms with Crippen molar-refractivity contribution in [2.45, 2.75) is 166 Å². The van der Waals surface area contributed by atoms with Crippen molar-refractivity contribution in [2.75, 3.05) is 0 Å². The monoisotopic (exact) mass is 534 g/mol. The Morgan fingerprint density at radius 1 is 0.459 bits per heavy atom. The van der Waals surface area contributed by atoms with Gasteiger partial charge in [0.1, 0.15) is 0 Å². The molecule has 0 spiro atoms. The van der Waals surface area contributed by atoms with Crippen LogP contribution in [0.4, 0.5) is 8.39 Å². The van der Waals surface area contributed by atoms with E-state index in [1.54, 1.807) is 11.1 Å². The van der Waals surface area contributed by atoms with Crippen LogP contribution in [-0.4, -0.2) is 5.66 Å². The van der Waals surface area contributed by atoms with E-state index in [2.05, 4.69) is 0 Å². The highest BCUT2D eigenvalue weighted by Crippen LogP contribution is 2.63. The summed E-state index contributed by atoms with van der Waals surface area (Å²) >= 11 is 0. The van der Waals surface area contributed by atoms with Crippen LogP contribution in [0, 0.1) is 35.5 Å². The quantitative estimate of drug-likeness (QED) is 0.244. The Morgan fingerprint density at radius 3 is 1.59 bits per heavy atom. The maximum absolute atomic E-state index is 14.1. The highest BCUT2D eigenvalue weighted by Gasteiger charge is 2.52. The zero-order chi connectivity index (χ0) is 25.5. The van der Waals surface area contributed by atoms with Gasteiger partial charge in [-0.3, -0.25) is 0 Å². The van der Waals surface area contributed by atoms with E-state index in [1.165, 1.54) is 148 Å². The Balaban J connectivity index is 0.000000190. The molecule has 7 atom stereocenters. The molecule has 0 N–H and O–H groups in total. The summed E-state index contributed by atoms with van der Waals surface area (Å²) < 4.78 is 28.2. The van der Waals surface area contributed by atoms with Crippen LogP contribution < -0.4 is 0 Å². The third kappa shape index (κ3) is 7.22. The van der Waals surface area contributed by atoms with Gasteiger partial charge in [0.25, 0.3) is 8.54 Å². The maximum atomic E-state index is 14.1. The third-order valence-electron chi connectivity index (χ3n) is 12.0. The highest BCUT2D eigenvalue weighted by atomic mass is 31.2. The lowest BCUT2D eigenvalue weighted by Crippen LogP contribution is -2.48. The summed E-state index contributed by atoms with van der Waals surface area (Å²) in [4.78, 5) is 0. The molecule has 0 aromatic rings. The van der Waals surface area contributed by atoms with Crippen molar-refractivity contribution in [3.63, 3.8) is 0 Å². The average molecular weight is 535 g/mol. The molecule has 0 aromatic heterocycles. The molecule has 0 heterocycles. The van der Waals surface area contributed by atoms with Gasteiger partial charge in [0, 0.05) is 5.66 Å². The van der Waals surface area contributed by atoms with Crippen LogP contribution in [0.1, 0.15) is 161 Å². The molecule has 0 aliphatic heterocycles. The molecule has 0 saturated heterocycles. The fourth-order valence-electron chi connectivity index (χ4n) is 8.69. The SMILES string of the molecule is C1CCC1.C1CCC1.C1CCC1.FP(F)C1CCC2CCCCC2C1C1CCCC2C3=C(CC3)CCC21. The van der Waals surface area contributed by atoms with E-state index in [0.717, 1.165) is 30.6 Å². The summed E-state index contributed by atoms with van der Waals surface area (Å²) in [6, 6.07) is 0. The molecular formula is C34H57F2P. The van der Waals surface area contributed by atoms with Crippen molar-refractivity contribution in [1.29, 1.82) is 0 Å². The second-order valence-corrected chi connectivity index (χ2v) is 15.1. The van der Waals surface area contributed by atoms with Crippen LogP contribution >= 0.6 is 8.54 Å². The predicted molar refractivity (Wildman–Crippen MR) is 156 cm³/mol. The van der Waals surface area contributed by atoms with Gasteiger partial charge < -0.3 is 0 Å². The molecule has 3 heteroatoms. The van der Waals surface area contributed by atoms with Crippen LogP contribution in [-0.2, 0) is 0 Å². The molecular weight excluding hydrogens is 477 g/mol. The maximum Gasteiger partial charge on any atom is 0.269 e. The van der Waals surface area contributed by atoms with Gasteiger partial charge in [0.05, 0.1) is 0 Å².